The van der Waals surface area contributed by atoms with Crippen molar-refractivity contribution in [2.24, 2.45) is 0 Å². The average molecular weight is 307 g/mol. The summed E-state index contributed by atoms with van der Waals surface area (Å²) in [5.41, 5.74) is 1.69. The van der Waals surface area contributed by atoms with Gasteiger partial charge in [-0.15, -0.1) is 0 Å². The third kappa shape index (κ3) is 3.66. The molecule has 7 heteroatoms. The molecule has 0 saturated carbocycles. The van der Waals surface area contributed by atoms with Crippen LogP contribution in [0.3, 0.4) is 0 Å². The summed E-state index contributed by atoms with van der Waals surface area (Å²) < 4.78 is 0. The fourth-order valence-corrected chi connectivity index (χ4v) is 1.90. The van der Waals surface area contributed by atoms with Gasteiger partial charge < -0.3 is 5.32 Å². The van der Waals surface area contributed by atoms with Gasteiger partial charge in [-0.25, -0.2) is 4.98 Å². The summed E-state index contributed by atoms with van der Waals surface area (Å²) in [4.78, 5) is 17.9. The Morgan fingerprint density at radius 1 is 1.24 bits per heavy atom. The quantitative estimate of drug-likeness (QED) is 0.525. The van der Waals surface area contributed by atoms with Crippen molar-refractivity contribution in [2.45, 2.75) is 26.2 Å². The second kappa shape index (κ2) is 5.65. The third-order valence-electron chi connectivity index (χ3n) is 2.95. The predicted molar refractivity (Wildman–Crippen MR) is 82.1 cm³/mol. The highest BCUT2D eigenvalue weighted by molar-refractivity contribution is 6.28. The van der Waals surface area contributed by atoms with Crippen molar-refractivity contribution >= 4 is 28.8 Å². The first-order valence-corrected chi connectivity index (χ1v) is 6.69. The van der Waals surface area contributed by atoms with Crippen LogP contribution in [0.15, 0.2) is 30.5 Å². The summed E-state index contributed by atoms with van der Waals surface area (Å²) in [6.45, 7) is 6.35. The Kier molecular flexibility index (Phi) is 4.09. The van der Waals surface area contributed by atoms with Crippen LogP contribution >= 0.6 is 11.6 Å². The number of rotatable bonds is 3. The van der Waals surface area contributed by atoms with Gasteiger partial charge in [0.2, 0.25) is 11.1 Å². The standard InChI is InChI=1S/C14H15ClN4O2/c1-14(2,3)9-4-6-10(7-5-9)17-12-11(19(20)21)8-16-13(15)18-12/h4-8H,1-3H3,(H,16,17,18). The van der Waals surface area contributed by atoms with Gasteiger partial charge in [-0.2, -0.15) is 4.98 Å². The summed E-state index contributed by atoms with van der Waals surface area (Å²) in [7, 11) is 0. The molecule has 0 unspecified atom stereocenters. The zero-order chi connectivity index (χ0) is 15.6. The van der Waals surface area contributed by atoms with Gasteiger partial charge in [-0.05, 0) is 34.7 Å². The van der Waals surface area contributed by atoms with Gasteiger partial charge in [0, 0.05) is 5.69 Å². The lowest BCUT2D eigenvalue weighted by atomic mass is 9.87. The molecule has 1 N–H and O–H groups in total. The number of anilines is 2. The van der Waals surface area contributed by atoms with Gasteiger partial charge in [-0.1, -0.05) is 32.9 Å². The highest BCUT2D eigenvalue weighted by atomic mass is 35.5. The number of nitro groups is 1. The van der Waals surface area contributed by atoms with E-state index in [4.69, 9.17) is 11.6 Å². The summed E-state index contributed by atoms with van der Waals surface area (Å²) in [6, 6.07) is 7.63. The molecule has 0 radical (unpaired) electrons. The number of nitrogens with zero attached hydrogens (tertiary/aromatic N) is 3. The van der Waals surface area contributed by atoms with Gasteiger partial charge in [0.05, 0.1) is 4.92 Å². The monoisotopic (exact) mass is 306 g/mol. The zero-order valence-corrected chi connectivity index (χ0v) is 12.7. The first-order valence-electron chi connectivity index (χ1n) is 6.32. The molecule has 0 fully saturated rings. The van der Waals surface area contributed by atoms with Crippen molar-refractivity contribution < 1.29 is 4.92 Å². The van der Waals surface area contributed by atoms with E-state index < -0.39 is 4.92 Å². The second-order valence-corrected chi connectivity index (χ2v) is 5.92. The Bertz CT molecular complexity index is 666. The van der Waals surface area contributed by atoms with Gasteiger partial charge in [-0.3, -0.25) is 10.1 Å². The summed E-state index contributed by atoms with van der Waals surface area (Å²) in [5, 5.41) is 13.8. The van der Waals surface area contributed by atoms with E-state index in [1.165, 1.54) is 5.56 Å². The lowest BCUT2D eigenvalue weighted by molar-refractivity contribution is -0.384. The molecule has 110 valence electrons. The molecular formula is C14H15ClN4O2. The molecular weight excluding hydrogens is 292 g/mol. The van der Waals surface area contributed by atoms with Crippen LogP contribution in [0.5, 0.6) is 0 Å². The minimum atomic E-state index is -0.553. The fraction of sp³-hybridized carbons (Fsp3) is 0.286. The first kappa shape index (κ1) is 15.2. The molecule has 0 atom stereocenters. The predicted octanol–water partition coefficient (Wildman–Crippen LogP) is 4.08. The molecule has 1 heterocycles. The molecule has 0 bridgehead atoms. The van der Waals surface area contributed by atoms with Crippen molar-refractivity contribution in [1.29, 1.82) is 0 Å². The molecule has 0 aliphatic rings. The lowest BCUT2D eigenvalue weighted by Crippen LogP contribution is -2.10. The molecule has 1 aromatic carbocycles. The van der Waals surface area contributed by atoms with E-state index in [1.54, 1.807) is 0 Å². The molecule has 2 rings (SSSR count). The van der Waals surface area contributed by atoms with Crippen LogP contribution in [0.1, 0.15) is 26.3 Å². The Hall–Kier alpha value is -2.21. The van der Waals surface area contributed by atoms with Gasteiger partial charge in [0.1, 0.15) is 6.20 Å². The highest BCUT2D eigenvalue weighted by Gasteiger charge is 2.18. The van der Waals surface area contributed by atoms with Crippen molar-refractivity contribution in [3.8, 4) is 0 Å². The Morgan fingerprint density at radius 3 is 2.38 bits per heavy atom. The van der Waals surface area contributed by atoms with Crippen molar-refractivity contribution in [3.63, 3.8) is 0 Å². The number of benzene rings is 1. The highest BCUT2D eigenvalue weighted by Crippen LogP contribution is 2.28. The number of nitrogens with one attached hydrogen (secondary N) is 1. The Labute approximate surface area is 127 Å². The maximum atomic E-state index is 11.0. The molecule has 0 aliphatic carbocycles. The fourth-order valence-electron chi connectivity index (χ4n) is 1.77. The molecule has 1 aromatic heterocycles. The van der Waals surface area contributed by atoms with Crippen LogP contribution in [0.4, 0.5) is 17.2 Å². The van der Waals surface area contributed by atoms with E-state index in [1.807, 2.05) is 24.3 Å². The maximum Gasteiger partial charge on any atom is 0.329 e. The first-order chi connectivity index (χ1) is 9.77. The maximum absolute atomic E-state index is 11.0. The van der Waals surface area contributed by atoms with Crippen LogP contribution in [0, 0.1) is 10.1 Å². The van der Waals surface area contributed by atoms with Crippen LogP contribution in [-0.2, 0) is 5.41 Å². The van der Waals surface area contributed by atoms with Gasteiger partial charge in [0.15, 0.2) is 0 Å². The van der Waals surface area contributed by atoms with E-state index in [-0.39, 0.29) is 22.2 Å². The number of aromatic nitrogens is 2. The minimum absolute atomic E-state index is 0.0444. The largest absolute Gasteiger partial charge is 0.334 e. The van der Waals surface area contributed by atoms with Gasteiger partial charge in [0.25, 0.3) is 0 Å². The normalized spacial score (nSPS) is 11.2. The summed E-state index contributed by atoms with van der Waals surface area (Å²) in [5.74, 6) is 0.0727. The van der Waals surface area contributed by atoms with Gasteiger partial charge >= 0.3 is 5.69 Å². The van der Waals surface area contributed by atoms with Crippen LogP contribution in [-0.4, -0.2) is 14.9 Å². The molecule has 0 amide bonds. The molecule has 21 heavy (non-hydrogen) atoms. The van der Waals surface area contributed by atoms with Crippen LogP contribution in [0.25, 0.3) is 0 Å². The van der Waals surface area contributed by atoms with E-state index in [0.717, 1.165) is 6.20 Å². The Balaban J connectivity index is 2.30. The van der Waals surface area contributed by atoms with E-state index >= 15 is 0 Å². The molecule has 2 aromatic rings. The average Bonchev–Trinajstić information content (AvgIpc) is 2.38. The topological polar surface area (TPSA) is 81.0 Å². The summed E-state index contributed by atoms with van der Waals surface area (Å²) >= 11 is 5.69. The molecule has 6 nitrogen and oxygen atoms in total. The molecule has 0 aliphatic heterocycles. The van der Waals surface area contributed by atoms with E-state index in [0.29, 0.717) is 5.69 Å². The number of hydrogen-bond donors (Lipinski definition) is 1. The second-order valence-electron chi connectivity index (χ2n) is 5.58. The number of hydrogen-bond acceptors (Lipinski definition) is 5. The van der Waals surface area contributed by atoms with Crippen molar-refractivity contribution in [1.82, 2.24) is 9.97 Å². The Morgan fingerprint density at radius 2 is 1.86 bits per heavy atom. The van der Waals surface area contributed by atoms with E-state index in [9.17, 15) is 10.1 Å². The molecule has 0 spiro atoms. The third-order valence-corrected chi connectivity index (χ3v) is 3.13. The lowest BCUT2D eigenvalue weighted by Gasteiger charge is -2.19. The molecule has 0 saturated heterocycles. The van der Waals surface area contributed by atoms with Crippen molar-refractivity contribution in [3.05, 3.63) is 51.4 Å². The van der Waals surface area contributed by atoms with Crippen LogP contribution in [0.2, 0.25) is 5.28 Å². The smallest absolute Gasteiger partial charge is 0.329 e. The van der Waals surface area contributed by atoms with Crippen molar-refractivity contribution in [2.75, 3.05) is 5.32 Å². The van der Waals surface area contributed by atoms with E-state index in [2.05, 4.69) is 36.1 Å². The van der Waals surface area contributed by atoms with Crippen LogP contribution < -0.4 is 5.32 Å². The number of halogens is 1. The SMILES string of the molecule is CC(C)(C)c1ccc(Nc2nc(Cl)ncc2[N+](=O)[O-])cc1. The zero-order valence-electron chi connectivity index (χ0n) is 11.9. The summed E-state index contributed by atoms with van der Waals surface area (Å²) in [6.07, 6.45) is 1.08. The minimum Gasteiger partial charge on any atom is -0.334 e.